The fourth-order valence-corrected chi connectivity index (χ4v) is 1.94. The molecular weight excluding hydrogens is 156 g/mol. The topological polar surface area (TPSA) is 35.5 Å². The van der Waals surface area contributed by atoms with E-state index in [1.54, 1.807) is 0 Å². The Kier molecular flexibility index (Phi) is 1.73. The number of hydrogen-bond acceptors (Lipinski definition) is 3. The molecule has 0 unspecified atom stereocenters. The summed E-state index contributed by atoms with van der Waals surface area (Å²) in [7, 11) is 0. The Bertz CT molecular complexity index is 210. The first-order valence-corrected chi connectivity index (χ1v) is 4.47. The molecule has 1 aliphatic heterocycles. The predicted octanol–water partition coefficient (Wildman–Crippen LogP) is 1.26. The van der Waals surface area contributed by atoms with E-state index in [1.807, 2.05) is 13.8 Å². The van der Waals surface area contributed by atoms with Crippen LogP contribution in [0.1, 0.15) is 33.1 Å². The Hall–Kier alpha value is -0.410. The number of fused-ring (bicyclic) bond motifs is 1. The van der Waals surface area contributed by atoms with Crippen LogP contribution in [0.15, 0.2) is 0 Å². The second kappa shape index (κ2) is 2.54. The van der Waals surface area contributed by atoms with Crippen molar-refractivity contribution >= 4 is 5.78 Å². The van der Waals surface area contributed by atoms with Crippen LogP contribution in [0.3, 0.4) is 0 Å². The Balaban J connectivity index is 2.14. The second-order valence-corrected chi connectivity index (χ2v) is 3.95. The van der Waals surface area contributed by atoms with Crippen LogP contribution in [0.5, 0.6) is 0 Å². The van der Waals surface area contributed by atoms with Crippen molar-refractivity contribution in [2.24, 2.45) is 0 Å². The summed E-state index contributed by atoms with van der Waals surface area (Å²) in [6.07, 6.45) is 2.29. The van der Waals surface area contributed by atoms with Gasteiger partial charge in [-0.05, 0) is 26.7 Å². The first kappa shape index (κ1) is 8.20. The monoisotopic (exact) mass is 170 g/mol. The minimum atomic E-state index is -0.560. The molecule has 0 N–H and O–H groups in total. The van der Waals surface area contributed by atoms with Gasteiger partial charge in [0, 0.05) is 6.42 Å². The van der Waals surface area contributed by atoms with E-state index in [-0.39, 0.29) is 18.0 Å². The molecule has 3 nitrogen and oxygen atoms in total. The minimum absolute atomic E-state index is 0.0150. The third kappa shape index (κ3) is 1.27. The van der Waals surface area contributed by atoms with Gasteiger partial charge in [0.1, 0.15) is 6.10 Å². The van der Waals surface area contributed by atoms with Crippen molar-refractivity contribution in [1.29, 1.82) is 0 Å². The molecule has 1 saturated heterocycles. The maximum Gasteiger partial charge on any atom is 0.164 e. The lowest BCUT2D eigenvalue weighted by Gasteiger charge is -2.20. The fraction of sp³-hybridized carbons (Fsp3) is 0.889. The molecule has 2 atom stereocenters. The fourth-order valence-electron chi connectivity index (χ4n) is 1.94. The molecule has 0 aromatic heterocycles. The summed E-state index contributed by atoms with van der Waals surface area (Å²) < 4.78 is 11.1. The summed E-state index contributed by atoms with van der Waals surface area (Å²) in [4.78, 5) is 11.4. The van der Waals surface area contributed by atoms with Gasteiger partial charge in [-0.1, -0.05) is 0 Å². The van der Waals surface area contributed by atoms with Gasteiger partial charge >= 0.3 is 0 Å². The molecule has 2 aliphatic rings. The van der Waals surface area contributed by atoms with Crippen molar-refractivity contribution in [3.05, 3.63) is 0 Å². The van der Waals surface area contributed by atoms with Gasteiger partial charge in [-0.2, -0.15) is 0 Å². The highest BCUT2D eigenvalue weighted by atomic mass is 16.8. The van der Waals surface area contributed by atoms with E-state index in [2.05, 4.69) is 0 Å². The van der Waals surface area contributed by atoms with Crippen LogP contribution < -0.4 is 0 Å². The summed E-state index contributed by atoms with van der Waals surface area (Å²) in [5.41, 5.74) is 0. The van der Waals surface area contributed by atoms with Gasteiger partial charge in [-0.3, -0.25) is 4.79 Å². The van der Waals surface area contributed by atoms with Gasteiger partial charge in [0.05, 0.1) is 6.10 Å². The van der Waals surface area contributed by atoms with E-state index in [9.17, 15) is 4.79 Å². The van der Waals surface area contributed by atoms with Crippen molar-refractivity contribution in [2.45, 2.75) is 51.1 Å². The summed E-state index contributed by atoms with van der Waals surface area (Å²) in [5.74, 6) is -0.355. The molecule has 0 aromatic rings. The lowest BCUT2D eigenvalue weighted by atomic mass is 9.94. The van der Waals surface area contributed by atoms with Crippen LogP contribution in [0.4, 0.5) is 0 Å². The quantitative estimate of drug-likeness (QED) is 0.549. The highest BCUT2D eigenvalue weighted by molar-refractivity contribution is 5.84. The molecule has 0 radical (unpaired) electrons. The first-order chi connectivity index (χ1) is 5.58. The van der Waals surface area contributed by atoms with Crippen molar-refractivity contribution in [2.75, 3.05) is 0 Å². The molecule has 1 saturated carbocycles. The second-order valence-electron chi connectivity index (χ2n) is 3.95. The summed E-state index contributed by atoms with van der Waals surface area (Å²) in [5, 5.41) is 0. The highest BCUT2D eigenvalue weighted by Crippen LogP contribution is 2.34. The number of ketones is 1. The zero-order valence-electron chi connectivity index (χ0n) is 7.50. The smallest absolute Gasteiger partial charge is 0.164 e. The minimum Gasteiger partial charge on any atom is -0.344 e. The van der Waals surface area contributed by atoms with Crippen LogP contribution in [0.25, 0.3) is 0 Å². The molecule has 2 fully saturated rings. The van der Waals surface area contributed by atoms with Gasteiger partial charge in [0.15, 0.2) is 11.6 Å². The molecule has 2 rings (SSSR count). The van der Waals surface area contributed by atoms with E-state index >= 15 is 0 Å². The molecular formula is C9H14O3. The van der Waals surface area contributed by atoms with Crippen molar-refractivity contribution in [3.63, 3.8) is 0 Å². The Morgan fingerprint density at radius 3 is 2.83 bits per heavy atom. The SMILES string of the molecule is CC1(C)O[C@H]2CCCC(=O)[C@H]2O1. The molecule has 68 valence electrons. The standard InChI is InChI=1S/C9H14O3/c1-9(2)11-7-5-3-4-6(10)8(7)12-9/h7-8H,3-5H2,1-2H3/t7-,8+/m0/s1. The third-order valence-corrected chi connectivity index (χ3v) is 2.41. The summed E-state index contributed by atoms with van der Waals surface area (Å²) in [6.45, 7) is 3.72. The average molecular weight is 170 g/mol. The normalized spacial score (nSPS) is 39.7. The van der Waals surface area contributed by atoms with E-state index in [1.165, 1.54) is 0 Å². The van der Waals surface area contributed by atoms with Crippen molar-refractivity contribution in [3.8, 4) is 0 Å². The number of ether oxygens (including phenoxy) is 2. The van der Waals surface area contributed by atoms with Crippen LogP contribution in [0, 0.1) is 0 Å². The number of carbonyl (C=O) groups excluding carboxylic acids is 1. The zero-order valence-corrected chi connectivity index (χ0v) is 7.50. The summed E-state index contributed by atoms with van der Waals surface area (Å²) in [6, 6.07) is 0. The molecule has 0 aromatic carbocycles. The van der Waals surface area contributed by atoms with Crippen LogP contribution >= 0.6 is 0 Å². The Morgan fingerprint density at radius 2 is 2.17 bits per heavy atom. The highest BCUT2D eigenvalue weighted by Gasteiger charge is 2.46. The van der Waals surface area contributed by atoms with Gasteiger partial charge < -0.3 is 9.47 Å². The van der Waals surface area contributed by atoms with Crippen LogP contribution in [0.2, 0.25) is 0 Å². The van der Waals surface area contributed by atoms with Crippen LogP contribution in [-0.4, -0.2) is 23.8 Å². The van der Waals surface area contributed by atoms with Crippen molar-refractivity contribution < 1.29 is 14.3 Å². The van der Waals surface area contributed by atoms with E-state index < -0.39 is 5.79 Å². The summed E-state index contributed by atoms with van der Waals surface area (Å²) >= 11 is 0. The molecule has 0 bridgehead atoms. The van der Waals surface area contributed by atoms with Crippen LogP contribution in [-0.2, 0) is 14.3 Å². The predicted molar refractivity (Wildman–Crippen MR) is 42.7 cm³/mol. The van der Waals surface area contributed by atoms with Gasteiger partial charge in [0.25, 0.3) is 0 Å². The first-order valence-electron chi connectivity index (χ1n) is 4.47. The van der Waals surface area contributed by atoms with Crippen molar-refractivity contribution in [1.82, 2.24) is 0 Å². The third-order valence-electron chi connectivity index (χ3n) is 2.41. The molecule has 3 heteroatoms. The maximum atomic E-state index is 11.4. The maximum absolute atomic E-state index is 11.4. The zero-order chi connectivity index (χ0) is 8.77. The molecule has 12 heavy (non-hydrogen) atoms. The van der Waals surface area contributed by atoms with E-state index in [4.69, 9.17) is 9.47 Å². The Morgan fingerprint density at radius 1 is 1.42 bits per heavy atom. The molecule has 1 aliphatic carbocycles. The number of Topliss-reactive ketones (excluding diaryl/α,β-unsaturated/α-hetero) is 1. The number of carbonyl (C=O) groups is 1. The van der Waals surface area contributed by atoms with E-state index in [0.29, 0.717) is 6.42 Å². The average Bonchev–Trinajstić information content (AvgIpc) is 2.25. The van der Waals surface area contributed by atoms with Gasteiger partial charge in [-0.15, -0.1) is 0 Å². The lowest BCUT2D eigenvalue weighted by molar-refractivity contribution is -0.153. The lowest BCUT2D eigenvalue weighted by Crippen LogP contribution is -2.35. The van der Waals surface area contributed by atoms with E-state index in [0.717, 1.165) is 12.8 Å². The molecule has 1 heterocycles. The number of rotatable bonds is 0. The number of hydrogen-bond donors (Lipinski definition) is 0. The van der Waals surface area contributed by atoms with Gasteiger partial charge in [0.2, 0.25) is 0 Å². The largest absolute Gasteiger partial charge is 0.344 e. The Labute approximate surface area is 72.0 Å². The van der Waals surface area contributed by atoms with Gasteiger partial charge in [-0.25, -0.2) is 0 Å². The molecule has 0 amide bonds. The molecule has 0 spiro atoms.